The van der Waals surface area contributed by atoms with Crippen molar-refractivity contribution in [1.82, 2.24) is 9.97 Å². The zero-order chi connectivity index (χ0) is 44.8. The Labute approximate surface area is 394 Å². The SMILES string of the molecule is c1ccc(-c2cccc(-c3cc(-c4cc(-c5ccc6c(c5)C5(c7ccccc7-c7ccccc75)c5ccccc5-6)nc(-c5ccccc5)n4)cc(-c4cccc5c4oc4ccccc45)c3)c2)cc1. The van der Waals surface area contributed by atoms with Gasteiger partial charge in [-0.05, 0) is 115 Å². The number of furan rings is 1. The molecule has 0 saturated heterocycles. The highest BCUT2D eigenvalue weighted by Crippen LogP contribution is 2.63. The van der Waals surface area contributed by atoms with Gasteiger partial charge in [-0.2, -0.15) is 0 Å². The van der Waals surface area contributed by atoms with Gasteiger partial charge in [-0.3, -0.25) is 0 Å². The van der Waals surface area contributed by atoms with Crippen LogP contribution in [-0.4, -0.2) is 9.97 Å². The van der Waals surface area contributed by atoms with E-state index in [4.69, 9.17) is 14.4 Å². The second kappa shape index (κ2) is 15.1. The number of benzene rings is 10. The second-order valence-corrected chi connectivity index (χ2v) is 18.0. The zero-order valence-corrected chi connectivity index (χ0v) is 36.9. The highest BCUT2D eigenvalue weighted by atomic mass is 16.3. The number of hydrogen-bond donors (Lipinski definition) is 0. The van der Waals surface area contributed by atoms with Crippen LogP contribution in [0.1, 0.15) is 22.3 Å². The molecule has 2 aromatic heterocycles. The Balaban J connectivity index is 1.00. The van der Waals surface area contributed by atoms with Crippen molar-refractivity contribution in [2.45, 2.75) is 5.41 Å². The average Bonchev–Trinajstić information content (AvgIpc) is 4.05. The van der Waals surface area contributed by atoms with E-state index in [9.17, 15) is 0 Å². The molecule has 316 valence electrons. The third-order valence-electron chi connectivity index (χ3n) is 14.3. The summed E-state index contributed by atoms with van der Waals surface area (Å²) in [4.78, 5) is 10.9. The molecule has 0 bridgehead atoms. The fourth-order valence-corrected chi connectivity index (χ4v) is 11.3. The first-order valence-corrected chi connectivity index (χ1v) is 23.3. The number of rotatable bonds is 6. The van der Waals surface area contributed by atoms with E-state index in [1.165, 1.54) is 50.1 Å². The summed E-state index contributed by atoms with van der Waals surface area (Å²) in [6, 6.07) is 87.5. The minimum absolute atomic E-state index is 0.470. The maximum Gasteiger partial charge on any atom is 0.160 e. The lowest BCUT2D eigenvalue weighted by Crippen LogP contribution is -2.25. The molecule has 1 spiro atoms. The molecule has 2 heterocycles. The molecule has 0 saturated carbocycles. The highest BCUT2D eigenvalue weighted by molar-refractivity contribution is 6.10. The summed E-state index contributed by atoms with van der Waals surface area (Å²) in [6.07, 6.45) is 0. The van der Waals surface area contributed by atoms with Gasteiger partial charge in [-0.25, -0.2) is 9.97 Å². The summed E-state index contributed by atoms with van der Waals surface area (Å²) in [5.41, 5.74) is 22.9. The van der Waals surface area contributed by atoms with E-state index in [0.717, 1.165) is 77.8 Å². The van der Waals surface area contributed by atoms with Crippen LogP contribution in [0.3, 0.4) is 0 Å². The Morgan fingerprint density at radius 3 is 1.47 bits per heavy atom. The molecular formula is C65H40N2O. The van der Waals surface area contributed by atoms with Crippen LogP contribution in [0.15, 0.2) is 247 Å². The standard InChI is InChI=1S/C65H40N2O/c1-3-17-41(18-4-1)43-21-15-22-44(35-43)46-36-47(49-27-16-28-55-54-26-10-14-32-62(54)68-63(49)55)38-48(37-46)61-40-60(66-64(67-61)42-19-5-2-6-20-42)45-33-34-53-52-25-9-13-31-58(52)65(59(53)39-45)56-29-11-7-23-50(56)51-24-8-12-30-57(51)65/h1-40H. The topological polar surface area (TPSA) is 38.9 Å². The van der Waals surface area contributed by atoms with Gasteiger partial charge >= 0.3 is 0 Å². The first-order valence-electron chi connectivity index (χ1n) is 23.3. The first kappa shape index (κ1) is 38.4. The van der Waals surface area contributed by atoms with Crippen molar-refractivity contribution in [3.05, 3.63) is 265 Å². The number of aromatic nitrogens is 2. The summed E-state index contributed by atoms with van der Waals surface area (Å²) >= 11 is 0. The van der Waals surface area contributed by atoms with Crippen LogP contribution >= 0.6 is 0 Å². The minimum Gasteiger partial charge on any atom is -0.455 e. The molecule has 0 atom stereocenters. The molecule has 0 radical (unpaired) electrons. The minimum atomic E-state index is -0.470. The fraction of sp³-hybridized carbons (Fsp3) is 0.0154. The molecular weight excluding hydrogens is 825 g/mol. The normalized spacial score (nSPS) is 12.8. The van der Waals surface area contributed by atoms with E-state index in [-0.39, 0.29) is 0 Å². The fourth-order valence-electron chi connectivity index (χ4n) is 11.3. The quantitative estimate of drug-likeness (QED) is 0.167. The molecule has 2 aliphatic rings. The molecule has 0 amide bonds. The van der Waals surface area contributed by atoms with Crippen LogP contribution in [0.4, 0.5) is 0 Å². The lowest BCUT2D eigenvalue weighted by molar-refractivity contribution is 0.670. The summed E-state index contributed by atoms with van der Waals surface area (Å²) < 4.78 is 6.68. The van der Waals surface area contributed by atoms with Gasteiger partial charge in [-0.1, -0.05) is 200 Å². The van der Waals surface area contributed by atoms with Gasteiger partial charge in [0, 0.05) is 33.0 Å². The van der Waals surface area contributed by atoms with Crippen molar-refractivity contribution in [2.24, 2.45) is 0 Å². The van der Waals surface area contributed by atoms with E-state index in [2.05, 4.69) is 224 Å². The third-order valence-corrected chi connectivity index (χ3v) is 14.3. The van der Waals surface area contributed by atoms with Crippen LogP contribution in [0.2, 0.25) is 0 Å². The lowest BCUT2D eigenvalue weighted by atomic mass is 9.70. The van der Waals surface area contributed by atoms with Crippen molar-refractivity contribution in [1.29, 1.82) is 0 Å². The Bertz CT molecular complexity index is 3910. The molecule has 0 fully saturated rings. The lowest BCUT2D eigenvalue weighted by Gasteiger charge is -2.30. The van der Waals surface area contributed by atoms with Crippen LogP contribution in [0.25, 0.3) is 111 Å². The summed E-state index contributed by atoms with van der Waals surface area (Å²) in [5, 5.41) is 2.20. The van der Waals surface area contributed by atoms with Gasteiger partial charge < -0.3 is 4.42 Å². The number of fused-ring (bicyclic) bond motifs is 13. The van der Waals surface area contributed by atoms with Gasteiger partial charge in [0.05, 0.1) is 16.8 Å². The summed E-state index contributed by atoms with van der Waals surface area (Å²) in [7, 11) is 0. The number of nitrogens with zero attached hydrogens (tertiary/aromatic N) is 2. The predicted molar refractivity (Wildman–Crippen MR) is 278 cm³/mol. The Morgan fingerprint density at radius 1 is 0.279 bits per heavy atom. The monoisotopic (exact) mass is 864 g/mol. The smallest absolute Gasteiger partial charge is 0.160 e. The van der Waals surface area contributed by atoms with Crippen molar-refractivity contribution in [3.8, 4) is 89.5 Å². The largest absolute Gasteiger partial charge is 0.455 e. The molecule has 2 aliphatic carbocycles. The van der Waals surface area contributed by atoms with Crippen LogP contribution < -0.4 is 0 Å². The first-order chi connectivity index (χ1) is 33.7. The van der Waals surface area contributed by atoms with E-state index < -0.39 is 5.41 Å². The van der Waals surface area contributed by atoms with Crippen LogP contribution in [0.5, 0.6) is 0 Å². The average molecular weight is 865 g/mol. The third kappa shape index (κ3) is 5.79. The Morgan fingerprint density at radius 2 is 0.765 bits per heavy atom. The molecule has 3 heteroatoms. The molecule has 0 aliphatic heterocycles. The summed E-state index contributed by atoms with van der Waals surface area (Å²) in [5.74, 6) is 0.672. The van der Waals surface area contributed by atoms with E-state index in [1.54, 1.807) is 0 Å². The zero-order valence-electron chi connectivity index (χ0n) is 36.9. The van der Waals surface area contributed by atoms with E-state index >= 15 is 0 Å². The van der Waals surface area contributed by atoms with Gasteiger partial charge in [0.2, 0.25) is 0 Å². The molecule has 0 N–H and O–H groups in total. The van der Waals surface area contributed by atoms with Crippen molar-refractivity contribution >= 4 is 21.9 Å². The van der Waals surface area contributed by atoms with Crippen molar-refractivity contribution < 1.29 is 4.42 Å². The van der Waals surface area contributed by atoms with E-state index in [1.807, 2.05) is 18.2 Å². The van der Waals surface area contributed by atoms with E-state index in [0.29, 0.717) is 5.82 Å². The second-order valence-electron chi connectivity index (χ2n) is 18.0. The summed E-state index contributed by atoms with van der Waals surface area (Å²) in [6.45, 7) is 0. The van der Waals surface area contributed by atoms with Gasteiger partial charge in [0.25, 0.3) is 0 Å². The maximum atomic E-state index is 6.68. The molecule has 10 aromatic carbocycles. The van der Waals surface area contributed by atoms with Gasteiger partial charge in [0.15, 0.2) is 5.82 Å². The Kier molecular flexibility index (Phi) is 8.50. The van der Waals surface area contributed by atoms with Gasteiger partial charge in [-0.15, -0.1) is 0 Å². The molecule has 12 aromatic rings. The van der Waals surface area contributed by atoms with Crippen molar-refractivity contribution in [3.63, 3.8) is 0 Å². The number of para-hydroxylation sites is 2. The maximum absolute atomic E-state index is 6.68. The van der Waals surface area contributed by atoms with Gasteiger partial charge in [0.1, 0.15) is 11.2 Å². The van der Waals surface area contributed by atoms with Crippen molar-refractivity contribution in [2.75, 3.05) is 0 Å². The Hall–Kier alpha value is -8.92. The van der Waals surface area contributed by atoms with Crippen LogP contribution in [0, 0.1) is 0 Å². The highest BCUT2D eigenvalue weighted by Gasteiger charge is 2.51. The predicted octanol–water partition coefficient (Wildman–Crippen LogP) is 16.7. The molecule has 14 rings (SSSR count). The molecule has 0 unspecified atom stereocenters. The number of hydrogen-bond acceptors (Lipinski definition) is 3. The molecule has 3 nitrogen and oxygen atoms in total. The van der Waals surface area contributed by atoms with Crippen LogP contribution in [-0.2, 0) is 5.41 Å². The molecule has 68 heavy (non-hydrogen) atoms.